The van der Waals surface area contributed by atoms with Gasteiger partial charge in [0.25, 0.3) is 5.91 Å². The minimum absolute atomic E-state index is 0.166. The molecule has 0 spiro atoms. The number of rotatable bonds is 5. The molecule has 1 amide bonds. The molecule has 1 aliphatic rings. The molecule has 172 valence electrons. The largest absolute Gasteiger partial charge is 0.497 e. The van der Waals surface area contributed by atoms with Gasteiger partial charge in [-0.2, -0.15) is 0 Å². The number of aromatic nitrogens is 2. The first-order valence-corrected chi connectivity index (χ1v) is 11.1. The third-order valence-electron chi connectivity index (χ3n) is 6.15. The normalized spacial score (nSPS) is 15.0. The molecule has 0 unspecified atom stereocenters. The van der Waals surface area contributed by atoms with E-state index in [1.54, 1.807) is 7.11 Å². The number of nitrogens with zero attached hydrogens (tertiary/aromatic N) is 3. The maximum atomic E-state index is 13.7. The number of allylic oxidation sites excluding steroid dienone is 1. The number of methoxy groups -OCH3 is 1. The van der Waals surface area contributed by atoms with E-state index < -0.39 is 0 Å². The summed E-state index contributed by atoms with van der Waals surface area (Å²) >= 11 is 0. The van der Waals surface area contributed by atoms with Crippen molar-refractivity contribution in [1.29, 1.82) is 0 Å². The number of ether oxygens (including phenoxy) is 1. The highest BCUT2D eigenvalue weighted by Gasteiger charge is 2.34. The van der Waals surface area contributed by atoms with Gasteiger partial charge in [0.2, 0.25) is 5.95 Å². The molecule has 0 radical (unpaired) electrons. The van der Waals surface area contributed by atoms with Crippen LogP contribution in [0.25, 0.3) is 11.0 Å². The van der Waals surface area contributed by atoms with E-state index in [0.29, 0.717) is 11.3 Å². The molecular weight excluding hydrogens is 426 g/mol. The van der Waals surface area contributed by atoms with Crippen molar-refractivity contribution >= 4 is 34.3 Å². The van der Waals surface area contributed by atoms with E-state index in [-0.39, 0.29) is 11.9 Å². The molecule has 34 heavy (non-hydrogen) atoms. The Morgan fingerprint density at radius 2 is 1.74 bits per heavy atom. The third kappa shape index (κ3) is 3.75. The maximum Gasteiger partial charge on any atom is 0.255 e. The van der Waals surface area contributed by atoms with Gasteiger partial charge in [-0.25, -0.2) is 4.98 Å². The summed E-state index contributed by atoms with van der Waals surface area (Å²) in [6.07, 6.45) is 0. The molecule has 0 saturated carbocycles. The molecule has 1 atom stereocenters. The zero-order valence-electron chi connectivity index (χ0n) is 19.7. The number of imidazole rings is 1. The summed E-state index contributed by atoms with van der Waals surface area (Å²) in [5.41, 5.74) is 6.07. The highest BCUT2D eigenvalue weighted by molar-refractivity contribution is 6.06. The van der Waals surface area contributed by atoms with Gasteiger partial charge in [-0.15, -0.1) is 0 Å². The van der Waals surface area contributed by atoms with Gasteiger partial charge in [0.15, 0.2) is 0 Å². The van der Waals surface area contributed by atoms with E-state index >= 15 is 0 Å². The second-order valence-electron chi connectivity index (χ2n) is 8.53. The van der Waals surface area contributed by atoms with Crippen molar-refractivity contribution in [2.75, 3.05) is 36.7 Å². The first-order chi connectivity index (χ1) is 16.5. The molecule has 7 nitrogen and oxygen atoms in total. The average Bonchev–Trinajstić information content (AvgIpc) is 3.21. The molecule has 2 N–H and O–H groups in total. The van der Waals surface area contributed by atoms with Crippen molar-refractivity contribution in [3.8, 4) is 5.75 Å². The molecule has 5 rings (SSSR count). The summed E-state index contributed by atoms with van der Waals surface area (Å²) in [5.74, 6) is 1.29. The number of amides is 1. The molecule has 7 heteroatoms. The molecule has 1 aliphatic heterocycles. The standard InChI is InChI=1S/C27H27N5O2/c1-17-24(26(33)29-19-11-15-21(34-4)16-12-19)25(18-9-13-20(14-10-18)31(2)3)32-23-8-6-5-7-22(23)30-27(32)28-17/h5-16,25H,1-4H3,(H,28,30)(H,29,33)/t25-/m0/s1. The lowest BCUT2D eigenvalue weighted by molar-refractivity contribution is -0.113. The van der Waals surface area contributed by atoms with E-state index in [1.807, 2.05) is 69.6 Å². The van der Waals surface area contributed by atoms with Gasteiger partial charge in [-0.3, -0.25) is 9.36 Å². The van der Waals surface area contributed by atoms with Crippen LogP contribution in [-0.2, 0) is 4.79 Å². The van der Waals surface area contributed by atoms with Crippen LogP contribution in [-0.4, -0.2) is 36.7 Å². The lowest BCUT2D eigenvalue weighted by Crippen LogP contribution is -2.31. The van der Waals surface area contributed by atoms with E-state index in [2.05, 4.69) is 44.4 Å². The van der Waals surface area contributed by atoms with Crippen LogP contribution >= 0.6 is 0 Å². The van der Waals surface area contributed by atoms with Crippen LogP contribution in [0.3, 0.4) is 0 Å². The predicted molar refractivity (Wildman–Crippen MR) is 137 cm³/mol. The van der Waals surface area contributed by atoms with Crippen molar-refractivity contribution in [1.82, 2.24) is 9.55 Å². The van der Waals surface area contributed by atoms with Crippen LogP contribution in [0.5, 0.6) is 5.75 Å². The van der Waals surface area contributed by atoms with Crippen molar-refractivity contribution in [2.24, 2.45) is 0 Å². The first-order valence-electron chi connectivity index (χ1n) is 11.1. The van der Waals surface area contributed by atoms with Gasteiger partial charge in [0.05, 0.1) is 29.8 Å². The Balaban J connectivity index is 1.61. The van der Waals surface area contributed by atoms with Crippen molar-refractivity contribution in [2.45, 2.75) is 13.0 Å². The second kappa shape index (κ2) is 8.59. The number of nitrogens with one attached hydrogen (secondary N) is 2. The number of anilines is 3. The van der Waals surface area contributed by atoms with E-state index in [9.17, 15) is 4.79 Å². The Labute approximate surface area is 198 Å². The lowest BCUT2D eigenvalue weighted by Gasteiger charge is -2.31. The number of carbonyl (C=O) groups is 1. The smallest absolute Gasteiger partial charge is 0.255 e. The summed E-state index contributed by atoms with van der Waals surface area (Å²) in [5, 5.41) is 6.42. The Morgan fingerprint density at radius 1 is 1.03 bits per heavy atom. The van der Waals surface area contributed by atoms with Gasteiger partial charge < -0.3 is 20.3 Å². The van der Waals surface area contributed by atoms with E-state index in [1.165, 1.54) is 0 Å². The number of para-hydroxylation sites is 2. The zero-order chi connectivity index (χ0) is 23.8. The third-order valence-corrected chi connectivity index (χ3v) is 6.15. The van der Waals surface area contributed by atoms with E-state index in [0.717, 1.165) is 39.7 Å². The van der Waals surface area contributed by atoms with Gasteiger partial charge in [-0.05, 0) is 61.0 Å². The maximum absolute atomic E-state index is 13.7. The monoisotopic (exact) mass is 453 g/mol. The number of fused-ring (bicyclic) bond motifs is 3. The molecule has 2 heterocycles. The van der Waals surface area contributed by atoms with E-state index in [4.69, 9.17) is 9.72 Å². The summed E-state index contributed by atoms with van der Waals surface area (Å²) in [6, 6.07) is 23.3. The van der Waals surface area contributed by atoms with Gasteiger partial charge in [0.1, 0.15) is 5.75 Å². The molecular formula is C27H27N5O2. The Bertz CT molecular complexity index is 1390. The van der Waals surface area contributed by atoms with Gasteiger partial charge in [0, 0.05) is 31.2 Å². The van der Waals surface area contributed by atoms with Crippen molar-refractivity contribution < 1.29 is 9.53 Å². The highest BCUT2D eigenvalue weighted by atomic mass is 16.5. The predicted octanol–water partition coefficient (Wildman–Crippen LogP) is 5.04. The summed E-state index contributed by atoms with van der Waals surface area (Å²) in [4.78, 5) is 20.5. The molecule has 3 aromatic carbocycles. The molecule has 0 saturated heterocycles. The average molecular weight is 454 g/mol. The fourth-order valence-electron chi connectivity index (χ4n) is 4.40. The lowest BCUT2D eigenvalue weighted by atomic mass is 9.94. The Kier molecular flexibility index (Phi) is 5.45. The molecule has 0 aliphatic carbocycles. The van der Waals surface area contributed by atoms with Crippen LogP contribution in [0.4, 0.5) is 17.3 Å². The molecule has 0 bridgehead atoms. The van der Waals surface area contributed by atoms with Crippen LogP contribution in [0.15, 0.2) is 84.1 Å². The Hall–Kier alpha value is -4.26. The minimum Gasteiger partial charge on any atom is -0.497 e. The molecule has 4 aromatic rings. The summed E-state index contributed by atoms with van der Waals surface area (Å²) < 4.78 is 7.34. The fourth-order valence-corrected chi connectivity index (χ4v) is 4.40. The van der Waals surface area contributed by atoms with Crippen molar-refractivity contribution in [3.63, 3.8) is 0 Å². The first kappa shape index (κ1) is 21.6. The molecule has 1 aromatic heterocycles. The number of benzene rings is 3. The van der Waals surface area contributed by atoms with Crippen LogP contribution in [0.1, 0.15) is 18.5 Å². The van der Waals surface area contributed by atoms with Gasteiger partial charge >= 0.3 is 0 Å². The number of carbonyl (C=O) groups excluding carboxylic acids is 1. The summed E-state index contributed by atoms with van der Waals surface area (Å²) in [7, 11) is 5.65. The van der Waals surface area contributed by atoms with Crippen LogP contribution in [0, 0.1) is 0 Å². The Morgan fingerprint density at radius 3 is 2.41 bits per heavy atom. The van der Waals surface area contributed by atoms with Gasteiger partial charge in [-0.1, -0.05) is 24.3 Å². The van der Waals surface area contributed by atoms with Crippen LogP contribution in [0.2, 0.25) is 0 Å². The quantitative estimate of drug-likeness (QED) is 0.443. The number of hydrogen-bond donors (Lipinski definition) is 2. The topological polar surface area (TPSA) is 71.4 Å². The van der Waals surface area contributed by atoms with Crippen molar-refractivity contribution in [3.05, 3.63) is 89.6 Å². The summed E-state index contributed by atoms with van der Waals surface area (Å²) in [6.45, 7) is 1.92. The van der Waals surface area contributed by atoms with Crippen LogP contribution < -0.4 is 20.3 Å². The minimum atomic E-state index is -0.335. The number of hydrogen-bond acceptors (Lipinski definition) is 5. The fraction of sp³-hybridized carbons (Fsp3) is 0.185. The SMILES string of the molecule is COc1ccc(NC(=O)C2=C(C)Nc3nc4ccccc4n3[C@H]2c2ccc(N(C)C)cc2)cc1. The highest BCUT2D eigenvalue weighted by Crippen LogP contribution is 2.39. The zero-order valence-corrected chi connectivity index (χ0v) is 19.7. The second-order valence-corrected chi connectivity index (χ2v) is 8.53. The molecule has 0 fully saturated rings.